The first-order valence-electron chi connectivity index (χ1n) is 3.08. The van der Waals surface area contributed by atoms with E-state index in [1.165, 1.54) is 0 Å². The Morgan fingerprint density at radius 1 is 1.70 bits per heavy atom. The summed E-state index contributed by atoms with van der Waals surface area (Å²) in [4.78, 5) is 4.05. The molecule has 1 aromatic rings. The molecule has 2 N–H and O–H groups in total. The van der Waals surface area contributed by atoms with Gasteiger partial charge in [-0.05, 0) is 24.6 Å². The van der Waals surface area contributed by atoms with Crippen molar-refractivity contribution in [3.8, 4) is 0 Å². The fraction of sp³-hybridized carbons (Fsp3) is 0.125. The lowest BCUT2D eigenvalue weighted by Gasteiger charge is -2.00. The van der Waals surface area contributed by atoms with Crippen LogP contribution in [0.5, 0.6) is 0 Å². The number of pyridine rings is 1. The van der Waals surface area contributed by atoms with Crippen LogP contribution in [0.4, 0.5) is 5.69 Å². The van der Waals surface area contributed by atoms with Gasteiger partial charge >= 0.3 is 0 Å². The van der Waals surface area contributed by atoms with Gasteiger partial charge in [0.2, 0.25) is 0 Å². The summed E-state index contributed by atoms with van der Waals surface area (Å²) in [6, 6.07) is 3.62. The van der Waals surface area contributed by atoms with E-state index in [1.54, 1.807) is 6.20 Å². The molecule has 2 nitrogen and oxygen atoms in total. The number of allylic oxidation sites excluding steroid dienone is 1. The molecule has 1 rings (SSSR count). The van der Waals surface area contributed by atoms with E-state index in [-0.39, 0.29) is 0 Å². The van der Waals surface area contributed by atoms with Crippen molar-refractivity contribution in [3.63, 3.8) is 0 Å². The van der Waals surface area contributed by atoms with Crippen LogP contribution in [0.3, 0.4) is 0 Å². The van der Waals surface area contributed by atoms with Crippen molar-refractivity contribution in [2.45, 2.75) is 6.92 Å². The molecule has 0 amide bonds. The van der Waals surface area contributed by atoms with Gasteiger partial charge in [0.15, 0.2) is 0 Å². The van der Waals surface area contributed by atoms with Crippen LogP contribution in [0, 0.1) is 0 Å². The van der Waals surface area contributed by atoms with Crippen LogP contribution in [0.2, 0.25) is 0 Å². The quantitative estimate of drug-likeness (QED) is 0.634. The summed E-state index contributed by atoms with van der Waals surface area (Å²) in [6.07, 6.45) is 1.71. The standard InChI is InChI=1S/C8H10N2/c1-6(2)8-7(9)4-3-5-10-8/h3-5H,1,9H2,2H3. The van der Waals surface area contributed by atoms with E-state index in [0.717, 1.165) is 11.3 Å². The van der Waals surface area contributed by atoms with E-state index in [0.29, 0.717) is 5.69 Å². The van der Waals surface area contributed by atoms with E-state index >= 15 is 0 Å². The molecule has 0 atom stereocenters. The number of nitrogen functional groups attached to an aromatic ring is 1. The van der Waals surface area contributed by atoms with Crippen LogP contribution in [0.15, 0.2) is 24.9 Å². The number of aromatic nitrogens is 1. The van der Waals surface area contributed by atoms with Gasteiger partial charge in [-0.25, -0.2) is 0 Å². The summed E-state index contributed by atoms with van der Waals surface area (Å²) >= 11 is 0. The summed E-state index contributed by atoms with van der Waals surface area (Å²) in [5.41, 5.74) is 7.98. The second-order valence-electron chi connectivity index (χ2n) is 2.22. The maximum atomic E-state index is 5.60. The summed E-state index contributed by atoms with van der Waals surface area (Å²) in [7, 11) is 0. The maximum absolute atomic E-state index is 5.60. The van der Waals surface area contributed by atoms with Crippen LogP contribution >= 0.6 is 0 Å². The highest BCUT2D eigenvalue weighted by Crippen LogP contribution is 2.14. The summed E-state index contributed by atoms with van der Waals surface area (Å²) in [5, 5.41) is 0. The second kappa shape index (κ2) is 2.52. The van der Waals surface area contributed by atoms with E-state index in [9.17, 15) is 0 Å². The Morgan fingerprint density at radius 3 is 2.80 bits per heavy atom. The minimum atomic E-state index is 0.690. The third kappa shape index (κ3) is 1.16. The summed E-state index contributed by atoms with van der Waals surface area (Å²) < 4.78 is 0. The lowest BCUT2D eigenvalue weighted by Crippen LogP contribution is -1.93. The van der Waals surface area contributed by atoms with Gasteiger partial charge in [-0.3, -0.25) is 4.98 Å². The Labute approximate surface area is 60.4 Å². The Balaban J connectivity index is 3.15. The lowest BCUT2D eigenvalue weighted by molar-refractivity contribution is 1.27. The smallest absolute Gasteiger partial charge is 0.0882 e. The van der Waals surface area contributed by atoms with Crippen LogP contribution in [0.1, 0.15) is 12.6 Å². The molecule has 0 bridgehead atoms. The van der Waals surface area contributed by atoms with E-state index in [1.807, 2.05) is 19.1 Å². The van der Waals surface area contributed by atoms with Gasteiger partial charge in [0.05, 0.1) is 11.4 Å². The molecule has 0 aliphatic rings. The maximum Gasteiger partial charge on any atom is 0.0882 e. The van der Waals surface area contributed by atoms with Crippen molar-refractivity contribution >= 4 is 11.3 Å². The van der Waals surface area contributed by atoms with E-state index in [2.05, 4.69) is 11.6 Å². The van der Waals surface area contributed by atoms with Crippen molar-refractivity contribution < 1.29 is 0 Å². The molecule has 0 aromatic carbocycles. The van der Waals surface area contributed by atoms with Gasteiger partial charge in [0.25, 0.3) is 0 Å². The fourth-order valence-electron chi connectivity index (χ4n) is 0.774. The number of nitrogens with two attached hydrogens (primary N) is 1. The molecule has 0 fully saturated rings. The highest BCUT2D eigenvalue weighted by atomic mass is 14.7. The molecule has 0 radical (unpaired) electrons. The zero-order valence-corrected chi connectivity index (χ0v) is 5.96. The second-order valence-corrected chi connectivity index (χ2v) is 2.22. The highest BCUT2D eigenvalue weighted by Gasteiger charge is 1.97. The van der Waals surface area contributed by atoms with Crippen LogP contribution in [-0.4, -0.2) is 4.98 Å². The first-order chi connectivity index (χ1) is 4.72. The molecule has 0 aliphatic heterocycles. The van der Waals surface area contributed by atoms with Gasteiger partial charge in [0, 0.05) is 6.20 Å². The molecule has 52 valence electrons. The molecule has 0 saturated heterocycles. The monoisotopic (exact) mass is 134 g/mol. The number of hydrogen-bond acceptors (Lipinski definition) is 2. The Kier molecular flexibility index (Phi) is 1.71. The minimum absolute atomic E-state index is 0.690. The van der Waals surface area contributed by atoms with Gasteiger partial charge < -0.3 is 5.73 Å². The Morgan fingerprint density at radius 2 is 2.40 bits per heavy atom. The van der Waals surface area contributed by atoms with Crippen molar-refractivity contribution in [2.75, 3.05) is 5.73 Å². The third-order valence-corrected chi connectivity index (χ3v) is 1.24. The van der Waals surface area contributed by atoms with Gasteiger partial charge in [-0.2, -0.15) is 0 Å². The van der Waals surface area contributed by atoms with E-state index < -0.39 is 0 Å². The number of nitrogens with zero attached hydrogens (tertiary/aromatic N) is 1. The minimum Gasteiger partial charge on any atom is -0.397 e. The molecule has 0 unspecified atom stereocenters. The first-order valence-corrected chi connectivity index (χ1v) is 3.08. The average molecular weight is 134 g/mol. The molecular formula is C8H10N2. The van der Waals surface area contributed by atoms with Gasteiger partial charge in [-0.1, -0.05) is 6.58 Å². The molecule has 0 aliphatic carbocycles. The normalized spacial score (nSPS) is 9.30. The van der Waals surface area contributed by atoms with Crippen molar-refractivity contribution in [1.82, 2.24) is 4.98 Å². The van der Waals surface area contributed by atoms with Crippen molar-refractivity contribution in [3.05, 3.63) is 30.6 Å². The van der Waals surface area contributed by atoms with Gasteiger partial charge in [0.1, 0.15) is 0 Å². The molecule has 1 heterocycles. The van der Waals surface area contributed by atoms with Crippen LogP contribution in [0.25, 0.3) is 5.57 Å². The fourth-order valence-corrected chi connectivity index (χ4v) is 0.774. The molecule has 10 heavy (non-hydrogen) atoms. The predicted molar refractivity (Wildman–Crippen MR) is 43.4 cm³/mol. The topological polar surface area (TPSA) is 38.9 Å². The molecule has 0 spiro atoms. The zero-order chi connectivity index (χ0) is 7.56. The Hall–Kier alpha value is -1.31. The zero-order valence-electron chi connectivity index (χ0n) is 5.96. The molecule has 2 heteroatoms. The molecular weight excluding hydrogens is 124 g/mol. The van der Waals surface area contributed by atoms with Gasteiger partial charge in [-0.15, -0.1) is 0 Å². The molecule has 1 aromatic heterocycles. The average Bonchev–Trinajstić information content (AvgIpc) is 1.88. The van der Waals surface area contributed by atoms with Crippen LogP contribution < -0.4 is 5.73 Å². The number of rotatable bonds is 1. The van der Waals surface area contributed by atoms with E-state index in [4.69, 9.17) is 5.73 Å². The predicted octanol–water partition coefficient (Wildman–Crippen LogP) is 1.70. The van der Waals surface area contributed by atoms with Crippen molar-refractivity contribution in [1.29, 1.82) is 0 Å². The third-order valence-electron chi connectivity index (χ3n) is 1.24. The largest absolute Gasteiger partial charge is 0.397 e. The number of hydrogen-bond donors (Lipinski definition) is 1. The highest BCUT2D eigenvalue weighted by molar-refractivity contribution is 5.68. The van der Waals surface area contributed by atoms with Crippen LogP contribution in [-0.2, 0) is 0 Å². The Bertz CT molecular complexity index is 253. The first kappa shape index (κ1) is 6.81. The lowest BCUT2D eigenvalue weighted by atomic mass is 10.2. The summed E-state index contributed by atoms with van der Waals surface area (Å²) in [6.45, 7) is 5.63. The summed E-state index contributed by atoms with van der Waals surface area (Å²) in [5.74, 6) is 0. The molecule has 0 saturated carbocycles. The number of anilines is 1. The SMILES string of the molecule is C=C(C)c1ncccc1N. The van der Waals surface area contributed by atoms with Crippen molar-refractivity contribution in [2.24, 2.45) is 0 Å².